The molecular weight excluding hydrogens is 427 g/mol. The summed E-state index contributed by atoms with van der Waals surface area (Å²) in [5.74, 6) is -0.950. The number of nitrogens with one attached hydrogen (secondary N) is 3. The zero-order valence-electron chi connectivity index (χ0n) is 16.2. The van der Waals surface area contributed by atoms with Gasteiger partial charge in [0.1, 0.15) is 11.6 Å². The summed E-state index contributed by atoms with van der Waals surface area (Å²) >= 11 is 0. The van der Waals surface area contributed by atoms with Crippen LogP contribution in [-0.4, -0.2) is 26.6 Å². The Labute approximate surface area is 177 Å². The van der Waals surface area contributed by atoms with Gasteiger partial charge < -0.3 is 15.8 Å². The van der Waals surface area contributed by atoms with Crippen molar-refractivity contribution in [3.63, 3.8) is 0 Å². The molecule has 0 saturated heterocycles. The molecule has 0 heterocycles. The smallest absolute Gasteiger partial charge is 0.262 e. The van der Waals surface area contributed by atoms with Crippen LogP contribution in [0, 0.1) is 5.82 Å². The fraction of sp³-hybridized carbons (Fsp3) is 0.0500. The van der Waals surface area contributed by atoms with E-state index in [2.05, 4.69) is 10.0 Å². The number of nitrogen functional groups attached to an aromatic ring is 1. The van der Waals surface area contributed by atoms with E-state index in [1.807, 2.05) is 0 Å². The Bertz CT molecular complexity index is 1220. The van der Waals surface area contributed by atoms with E-state index in [0.29, 0.717) is 11.4 Å². The van der Waals surface area contributed by atoms with Crippen LogP contribution in [-0.2, 0) is 10.0 Å². The van der Waals surface area contributed by atoms with Crippen LogP contribution < -0.4 is 26.0 Å². The first kappa shape index (κ1) is 21.9. The molecule has 0 aliphatic rings. The number of nitrogens with two attached hydrogens (primary N) is 1. The van der Waals surface area contributed by atoms with E-state index in [1.165, 1.54) is 55.6 Å². The molecule has 0 aromatic heterocycles. The molecule has 31 heavy (non-hydrogen) atoms. The number of ether oxygens (including phenoxy) is 1. The molecule has 0 saturated carbocycles. The standard InChI is InChI=1S/C20H19FN4O5S/c1-30-19-9-4-13(22)10-18(19)25-31(28,29)15-6-2-12(3-7-15)20(26)23-14-5-8-16(21)17(11-14)24-27/h2-11,24-25,27H,22H2,1H3,(H,23,26). The van der Waals surface area contributed by atoms with Crippen molar-refractivity contribution in [2.75, 3.05) is 28.4 Å². The predicted molar refractivity (Wildman–Crippen MR) is 114 cm³/mol. The third-order valence-electron chi connectivity index (χ3n) is 4.24. The monoisotopic (exact) mass is 446 g/mol. The summed E-state index contributed by atoms with van der Waals surface area (Å²) in [6, 6.07) is 13.3. The fourth-order valence-corrected chi connectivity index (χ4v) is 3.75. The van der Waals surface area contributed by atoms with Gasteiger partial charge in [-0.05, 0) is 60.7 Å². The molecule has 0 unspecified atom stereocenters. The van der Waals surface area contributed by atoms with Crippen LogP contribution in [0.1, 0.15) is 10.4 Å². The van der Waals surface area contributed by atoms with Gasteiger partial charge in [0.25, 0.3) is 15.9 Å². The number of carbonyl (C=O) groups is 1. The number of amides is 1. The molecule has 0 spiro atoms. The zero-order chi connectivity index (χ0) is 22.6. The Balaban J connectivity index is 1.77. The zero-order valence-corrected chi connectivity index (χ0v) is 17.0. The highest BCUT2D eigenvalue weighted by Crippen LogP contribution is 2.29. The number of benzene rings is 3. The first-order chi connectivity index (χ1) is 14.7. The minimum atomic E-state index is -3.97. The average molecular weight is 446 g/mol. The van der Waals surface area contributed by atoms with Gasteiger partial charge in [0, 0.05) is 16.9 Å². The lowest BCUT2D eigenvalue weighted by Crippen LogP contribution is -2.15. The summed E-state index contributed by atoms with van der Waals surface area (Å²) in [6.07, 6.45) is 0. The van der Waals surface area contributed by atoms with Crippen molar-refractivity contribution in [2.45, 2.75) is 4.90 Å². The van der Waals surface area contributed by atoms with E-state index >= 15 is 0 Å². The molecular formula is C20H19FN4O5S. The fourth-order valence-electron chi connectivity index (χ4n) is 2.69. The molecule has 6 N–H and O–H groups in total. The second kappa shape index (κ2) is 8.90. The number of rotatable bonds is 7. The first-order valence-corrected chi connectivity index (χ1v) is 10.3. The van der Waals surface area contributed by atoms with Crippen molar-refractivity contribution in [3.05, 3.63) is 72.0 Å². The normalized spacial score (nSPS) is 10.9. The molecule has 162 valence electrons. The van der Waals surface area contributed by atoms with Crippen molar-refractivity contribution in [3.8, 4) is 5.75 Å². The Hall–Kier alpha value is -3.83. The molecule has 0 aliphatic carbocycles. The molecule has 3 rings (SSSR count). The van der Waals surface area contributed by atoms with Gasteiger partial charge in [0.05, 0.1) is 23.4 Å². The van der Waals surface area contributed by atoms with Crippen LogP contribution >= 0.6 is 0 Å². The second-order valence-corrected chi connectivity index (χ2v) is 8.03. The maximum atomic E-state index is 13.4. The van der Waals surface area contributed by atoms with Crippen molar-refractivity contribution in [1.82, 2.24) is 0 Å². The largest absolute Gasteiger partial charge is 0.495 e. The van der Waals surface area contributed by atoms with Crippen molar-refractivity contribution >= 4 is 38.7 Å². The van der Waals surface area contributed by atoms with Crippen LogP contribution in [0.5, 0.6) is 5.75 Å². The van der Waals surface area contributed by atoms with Crippen molar-refractivity contribution < 1.29 is 27.5 Å². The highest BCUT2D eigenvalue weighted by Gasteiger charge is 2.18. The Morgan fingerprint density at radius 1 is 1.03 bits per heavy atom. The Morgan fingerprint density at radius 2 is 1.74 bits per heavy atom. The summed E-state index contributed by atoms with van der Waals surface area (Å²) in [5, 5.41) is 11.4. The maximum absolute atomic E-state index is 13.4. The van der Waals surface area contributed by atoms with Crippen molar-refractivity contribution in [1.29, 1.82) is 0 Å². The SMILES string of the molecule is COc1ccc(N)cc1NS(=O)(=O)c1ccc(C(=O)Nc2ccc(F)c(NO)c2)cc1. The quantitative estimate of drug-likeness (QED) is 0.277. The summed E-state index contributed by atoms with van der Waals surface area (Å²) in [6.45, 7) is 0. The van der Waals surface area contributed by atoms with E-state index in [4.69, 9.17) is 15.7 Å². The Kier molecular flexibility index (Phi) is 6.28. The summed E-state index contributed by atoms with van der Waals surface area (Å²) in [4.78, 5) is 12.3. The van der Waals surface area contributed by atoms with Gasteiger partial charge >= 0.3 is 0 Å². The molecule has 0 bridgehead atoms. The number of hydrogen-bond acceptors (Lipinski definition) is 7. The maximum Gasteiger partial charge on any atom is 0.262 e. The molecule has 3 aromatic carbocycles. The molecule has 9 nitrogen and oxygen atoms in total. The van der Waals surface area contributed by atoms with Crippen LogP contribution in [0.25, 0.3) is 0 Å². The molecule has 1 amide bonds. The third-order valence-corrected chi connectivity index (χ3v) is 5.62. The lowest BCUT2D eigenvalue weighted by atomic mass is 10.2. The van der Waals surface area contributed by atoms with Crippen LogP contribution in [0.2, 0.25) is 0 Å². The number of anilines is 4. The van der Waals surface area contributed by atoms with E-state index in [1.54, 1.807) is 11.5 Å². The number of carbonyl (C=O) groups excluding carboxylic acids is 1. The number of sulfonamides is 1. The third kappa shape index (κ3) is 5.02. The van der Waals surface area contributed by atoms with Gasteiger partial charge in [-0.2, -0.15) is 0 Å². The van der Waals surface area contributed by atoms with Crippen LogP contribution in [0.3, 0.4) is 0 Å². The summed E-state index contributed by atoms with van der Waals surface area (Å²) in [5.41, 5.74) is 8.12. The number of halogens is 1. The molecule has 0 radical (unpaired) electrons. The van der Waals surface area contributed by atoms with Gasteiger partial charge in [-0.15, -0.1) is 0 Å². The predicted octanol–water partition coefficient (Wildman–Crippen LogP) is 3.27. The summed E-state index contributed by atoms with van der Waals surface area (Å²) in [7, 11) is -2.57. The summed E-state index contributed by atoms with van der Waals surface area (Å²) < 4.78 is 46.3. The van der Waals surface area contributed by atoms with Crippen LogP contribution in [0.4, 0.5) is 27.1 Å². The Morgan fingerprint density at radius 3 is 2.39 bits per heavy atom. The lowest BCUT2D eigenvalue weighted by molar-refractivity contribution is 0.102. The van der Waals surface area contributed by atoms with Crippen molar-refractivity contribution in [2.24, 2.45) is 0 Å². The number of hydrogen-bond donors (Lipinski definition) is 5. The highest BCUT2D eigenvalue weighted by atomic mass is 32.2. The topological polar surface area (TPSA) is 143 Å². The molecule has 3 aromatic rings. The molecule has 0 fully saturated rings. The van der Waals surface area contributed by atoms with Crippen LogP contribution in [0.15, 0.2) is 65.6 Å². The highest BCUT2D eigenvalue weighted by molar-refractivity contribution is 7.92. The number of methoxy groups -OCH3 is 1. The lowest BCUT2D eigenvalue weighted by Gasteiger charge is -2.13. The molecule has 11 heteroatoms. The van der Waals surface area contributed by atoms with E-state index in [-0.39, 0.29) is 27.5 Å². The van der Waals surface area contributed by atoms with Gasteiger partial charge in [0.15, 0.2) is 0 Å². The minimum absolute atomic E-state index is 0.0814. The minimum Gasteiger partial charge on any atom is -0.495 e. The molecule has 0 atom stereocenters. The molecule has 0 aliphatic heterocycles. The van der Waals surface area contributed by atoms with Gasteiger partial charge in [-0.1, -0.05) is 0 Å². The van der Waals surface area contributed by atoms with E-state index < -0.39 is 21.7 Å². The van der Waals surface area contributed by atoms with E-state index in [0.717, 1.165) is 6.07 Å². The second-order valence-electron chi connectivity index (χ2n) is 6.35. The first-order valence-electron chi connectivity index (χ1n) is 8.81. The van der Waals surface area contributed by atoms with E-state index in [9.17, 15) is 17.6 Å². The van der Waals surface area contributed by atoms with Gasteiger partial charge in [-0.3, -0.25) is 20.2 Å². The van der Waals surface area contributed by atoms with Gasteiger partial charge in [0.2, 0.25) is 0 Å². The van der Waals surface area contributed by atoms with Gasteiger partial charge in [-0.25, -0.2) is 12.8 Å². The average Bonchev–Trinajstić information content (AvgIpc) is 2.75.